The van der Waals surface area contributed by atoms with Crippen LogP contribution in [-0.2, 0) is 4.79 Å². The summed E-state index contributed by atoms with van der Waals surface area (Å²) in [5.74, 6) is 1.31. The summed E-state index contributed by atoms with van der Waals surface area (Å²) in [6.07, 6.45) is 2.08. The Kier molecular flexibility index (Phi) is 3.12. The maximum absolute atomic E-state index is 11.6. The molecule has 1 atom stereocenters. The number of amides is 1. The molecule has 2 heteroatoms. The number of likely N-dealkylation sites (tertiary alicyclic amines) is 1. The molecule has 1 saturated heterocycles. The molecule has 12 heavy (non-hydrogen) atoms. The quantitative estimate of drug-likeness (QED) is 0.632. The van der Waals surface area contributed by atoms with Crippen molar-refractivity contribution in [3.05, 3.63) is 0 Å². The molecule has 1 amide bonds. The van der Waals surface area contributed by atoms with Crippen molar-refractivity contribution in [2.75, 3.05) is 13.1 Å². The smallest absolute Gasteiger partial charge is 0.225 e. The van der Waals surface area contributed by atoms with Crippen LogP contribution >= 0.6 is 0 Å². The molecule has 1 aliphatic rings. The number of hydrogen-bond donors (Lipinski definition) is 0. The number of nitrogens with zero attached hydrogens (tertiary/aromatic N) is 1. The molecule has 0 saturated carbocycles. The molecule has 1 heterocycles. The van der Waals surface area contributed by atoms with Gasteiger partial charge >= 0.3 is 0 Å². The van der Waals surface area contributed by atoms with Crippen LogP contribution in [0.3, 0.4) is 0 Å². The predicted octanol–water partition coefficient (Wildman–Crippen LogP) is 1.90. The zero-order chi connectivity index (χ0) is 9.14. The van der Waals surface area contributed by atoms with Gasteiger partial charge in [-0.15, -0.1) is 0 Å². The molecule has 70 valence electrons. The SMILES string of the molecule is CCC1CCN(CC(C)C)C1=O. The highest BCUT2D eigenvalue weighted by atomic mass is 16.2. The summed E-state index contributed by atoms with van der Waals surface area (Å²) in [5.41, 5.74) is 0. The molecule has 1 fully saturated rings. The number of carbonyl (C=O) groups excluding carboxylic acids is 1. The van der Waals surface area contributed by atoms with E-state index in [0.29, 0.717) is 17.7 Å². The van der Waals surface area contributed by atoms with Crippen molar-refractivity contribution in [3.8, 4) is 0 Å². The number of rotatable bonds is 3. The third kappa shape index (κ3) is 1.99. The van der Waals surface area contributed by atoms with Crippen molar-refractivity contribution in [3.63, 3.8) is 0 Å². The van der Waals surface area contributed by atoms with Crippen LogP contribution < -0.4 is 0 Å². The van der Waals surface area contributed by atoms with Crippen molar-refractivity contribution < 1.29 is 4.79 Å². The Morgan fingerprint density at radius 3 is 2.67 bits per heavy atom. The average Bonchev–Trinajstić information content (AvgIpc) is 2.32. The highest BCUT2D eigenvalue weighted by molar-refractivity contribution is 5.80. The Balaban J connectivity index is 2.44. The fourth-order valence-corrected chi connectivity index (χ4v) is 1.80. The monoisotopic (exact) mass is 169 g/mol. The lowest BCUT2D eigenvalue weighted by molar-refractivity contribution is -0.131. The van der Waals surface area contributed by atoms with E-state index in [0.717, 1.165) is 25.9 Å². The first-order valence-corrected chi connectivity index (χ1v) is 4.94. The van der Waals surface area contributed by atoms with Crippen LogP contribution in [0.5, 0.6) is 0 Å². The van der Waals surface area contributed by atoms with Crippen molar-refractivity contribution in [1.82, 2.24) is 4.90 Å². The summed E-state index contributed by atoms with van der Waals surface area (Å²) in [7, 11) is 0. The highest BCUT2D eigenvalue weighted by Gasteiger charge is 2.29. The van der Waals surface area contributed by atoms with Gasteiger partial charge in [0.25, 0.3) is 0 Å². The molecule has 1 rings (SSSR count). The van der Waals surface area contributed by atoms with E-state index in [1.165, 1.54) is 0 Å². The van der Waals surface area contributed by atoms with Crippen LogP contribution in [0.25, 0.3) is 0 Å². The van der Waals surface area contributed by atoms with Crippen LogP contribution in [0.2, 0.25) is 0 Å². The van der Waals surface area contributed by atoms with E-state index >= 15 is 0 Å². The van der Waals surface area contributed by atoms with Crippen LogP contribution in [0.1, 0.15) is 33.6 Å². The van der Waals surface area contributed by atoms with Crippen molar-refractivity contribution in [2.45, 2.75) is 33.6 Å². The van der Waals surface area contributed by atoms with Gasteiger partial charge in [-0.3, -0.25) is 4.79 Å². The van der Waals surface area contributed by atoms with Crippen molar-refractivity contribution in [1.29, 1.82) is 0 Å². The van der Waals surface area contributed by atoms with Crippen LogP contribution in [0.4, 0.5) is 0 Å². The minimum atomic E-state index is 0.323. The largest absolute Gasteiger partial charge is 0.342 e. The fourth-order valence-electron chi connectivity index (χ4n) is 1.80. The van der Waals surface area contributed by atoms with E-state index in [-0.39, 0.29) is 0 Å². The lowest BCUT2D eigenvalue weighted by Gasteiger charge is -2.18. The second-order valence-corrected chi connectivity index (χ2v) is 4.07. The zero-order valence-corrected chi connectivity index (χ0v) is 8.34. The maximum atomic E-state index is 11.6. The van der Waals surface area contributed by atoms with Crippen LogP contribution in [0.15, 0.2) is 0 Å². The second-order valence-electron chi connectivity index (χ2n) is 4.07. The van der Waals surface area contributed by atoms with Gasteiger partial charge in [-0.2, -0.15) is 0 Å². The normalized spacial score (nSPS) is 24.2. The Hall–Kier alpha value is -0.530. The topological polar surface area (TPSA) is 20.3 Å². The standard InChI is InChI=1S/C10H19NO/c1-4-9-5-6-11(10(9)12)7-8(2)3/h8-9H,4-7H2,1-3H3. The second kappa shape index (κ2) is 3.92. The number of carbonyl (C=O) groups is 1. The molecule has 0 aromatic carbocycles. The van der Waals surface area contributed by atoms with E-state index in [9.17, 15) is 4.79 Å². The van der Waals surface area contributed by atoms with E-state index in [4.69, 9.17) is 0 Å². The molecule has 0 bridgehead atoms. The molecule has 0 aliphatic carbocycles. The predicted molar refractivity (Wildman–Crippen MR) is 49.8 cm³/mol. The molecule has 1 aliphatic heterocycles. The van der Waals surface area contributed by atoms with Gasteiger partial charge in [0.05, 0.1) is 0 Å². The van der Waals surface area contributed by atoms with E-state index < -0.39 is 0 Å². The Morgan fingerprint density at radius 2 is 2.25 bits per heavy atom. The third-order valence-corrected chi connectivity index (χ3v) is 2.49. The Labute approximate surface area is 74.9 Å². The summed E-state index contributed by atoms with van der Waals surface area (Å²) in [4.78, 5) is 13.6. The van der Waals surface area contributed by atoms with E-state index in [1.807, 2.05) is 4.90 Å². The third-order valence-electron chi connectivity index (χ3n) is 2.49. The summed E-state index contributed by atoms with van der Waals surface area (Å²) in [6, 6.07) is 0. The Bertz CT molecular complexity index is 165. The van der Waals surface area contributed by atoms with Gasteiger partial charge in [0, 0.05) is 19.0 Å². The molecule has 0 aromatic rings. The summed E-state index contributed by atoms with van der Waals surface area (Å²) >= 11 is 0. The lowest BCUT2D eigenvalue weighted by Crippen LogP contribution is -2.30. The zero-order valence-electron chi connectivity index (χ0n) is 8.34. The average molecular weight is 169 g/mol. The van der Waals surface area contributed by atoms with Gasteiger partial charge in [0.1, 0.15) is 0 Å². The minimum absolute atomic E-state index is 0.323. The summed E-state index contributed by atoms with van der Waals surface area (Å²) < 4.78 is 0. The van der Waals surface area contributed by atoms with Gasteiger partial charge < -0.3 is 4.90 Å². The van der Waals surface area contributed by atoms with Crippen molar-refractivity contribution in [2.24, 2.45) is 11.8 Å². The van der Waals surface area contributed by atoms with Crippen LogP contribution in [0, 0.1) is 11.8 Å². The minimum Gasteiger partial charge on any atom is -0.342 e. The molecule has 0 radical (unpaired) electrons. The molecular weight excluding hydrogens is 150 g/mol. The number of hydrogen-bond acceptors (Lipinski definition) is 1. The van der Waals surface area contributed by atoms with E-state index in [1.54, 1.807) is 0 Å². The van der Waals surface area contributed by atoms with Gasteiger partial charge in [0.15, 0.2) is 0 Å². The molecule has 0 aromatic heterocycles. The van der Waals surface area contributed by atoms with Crippen molar-refractivity contribution >= 4 is 5.91 Å². The summed E-state index contributed by atoms with van der Waals surface area (Å²) in [6.45, 7) is 8.34. The van der Waals surface area contributed by atoms with Crippen LogP contribution in [-0.4, -0.2) is 23.9 Å². The van der Waals surface area contributed by atoms with Gasteiger partial charge in [-0.25, -0.2) is 0 Å². The lowest BCUT2D eigenvalue weighted by atomic mass is 10.1. The maximum Gasteiger partial charge on any atom is 0.225 e. The highest BCUT2D eigenvalue weighted by Crippen LogP contribution is 2.21. The fraction of sp³-hybridized carbons (Fsp3) is 0.900. The van der Waals surface area contributed by atoms with Gasteiger partial charge in [-0.1, -0.05) is 20.8 Å². The Morgan fingerprint density at radius 1 is 1.58 bits per heavy atom. The molecule has 1 unspecified atom stereocenters. The van der Waals surface area contributed by atoms with E-state index in [2.05, 4.69) is 20.8 Å². The first kappa shape index (κ1) is 9.56. The molecule has 0 spiro atoms. The first-order valence-electron chi connectivity index (χ1n) is 4.94. The molecule has 2 nitrogen and oxygen atoms in total. The van der Waals surface area contributed by atoms with Gasteiger partial charge in [0.2, 0.25) is 5.91 Å². The molecule has 0 N–H and O–H groups in total. The first-order chi connectivity index (χ1) is 5.65. The van der Waals surface area contributed by atoms with Gasteiger partial charge in [-0.05, 0) is 18.8 Å². The molecular formula is C10H19NO. The summed E-state index contributed by atoms with van der Waals surface area (Å²) in [5, 5.41) is 0.